The Balaban J connectivity index is 2.31. The number of carbonyl (C=O) groups is 2. The maximum absolute atomic E-state index is 13.0. The van der Waals surface area contributed by atoms with Crippen LogP contribution < -0.4 is 16.0 Å². The van der Waals surface area contributed by atoms with Gasteiger partial charge in [0, 0.05) is 24.8 Å². The van der Waals surface area contributed by atoms with Crippen LogP contribution in [-0.2, 0) is 16.4 Å². The van der Waals surface area contributed by atoms with E-state index >= 15 is 0 Å². The largest absolute Gasteiger partial charge is 0.364 e. The van der Waals surface area contributed by atoms with Gasteiger partial charge in [-0.15, -0.1) is 0 Å². The van der Waals surface area contributed by atoms with E-state index < -0.39 is 21.5 Å². The van der Waals surface area contributed by atoms with Crippen molar-refractivity contribution in [3.63, 3.8) is 0 Å². The van der Waals surface area contributed by atoms with Gasteiger partial charge in [-0.1, -0.05) is 0 Å². The number of amides is 2. The third-order valence-corrected chi connectivity index (χ3v) is 6.31. The minimum Gasteiger partial charge on any atom is -0.364 e. The summed E-state index contributed by atoms with van der Waals surface area (Å²) in [5.41, 5.74) is 6.08. The number of nitrogens with two attached hydrogens (primary N) is 1. The minimum absolute atomic E-state index is 0.0129. The zero-order chi connectivity index (χ0) is 20.8. The van der Waals surface area contributed by atoms with E-state index in [1.165, 1.54) is 43.1 Å². The van der Waals surface area contributed by atoms with Gasteiger partial charge in [0.05, 0.1) is 10.5 Å². The zero-order valence-corrected chi connectivity index (χ0v) is 16.5. The predicted molar refractivity (Wildman–Crippen MR) is 102 cm³/mol. The first-order valence-corrected chi connectivity index (χ1v) is 9.96. The monoisotopic (exact) mass is 404 g/mol. The molecule has 2 aromatic rings. The normalized spacial score (nSPS) is 14.1. The molecule has 10 heteroatoms. The molecular formula is C18H20N4O5S. The van der Waals surface area contributed by atoms with Crippen molar-refractivity contribution in [3.05, 3.63) is 57.0 Å². The SMILES string of the molecule is CNS(=O)(=O)c1ccc(-n2c(C(N)=O)c3c(c(C)c2=O)C(=O)N(C)CC3)cc1. The lowest BCUT2D eigenvalue weighted by Gasteiger charge is -2.28. The predicted octanol–water partition coefficient (Wildman–Crippen LogP) is -0.219. The number of primary amides is 1. The van der Waals surface area contributed by atoms with Gasteiger partial charge in [0.1, 0.15) is 5.69 Å². The smallest absolute Gasteiger partial charge is 0.266 e. The number of nitrogens with one attached hydrogen (secondary N) is 1. The van der Waals surface area contributed by atoms with E-state index in [1.54, 1.807) is 7.05 Å². The van der Waals surface area contributed by atoms with Gasteiger partial charge in [-0.2, -0.15) is 0 Å². The standard InChI is InChI=1S/C18H20N4O5S/c1-10-14-13(8-9-21(3)18(14)25)15(16(19)23)22(17(10)24)11-4-6-12(7-5-11)28(26,27)20-2/h4-7,20H,8-9H2,1-3H3,(H2,19,23). The number of benzene rings is 1. The first-order chi connectivity index (χ1) is 13.1. The summed E-state index contributed by atoms with van der Waals surface area (Å²) >= 11 is 0. The van der Waals surface area contributed by atoms with Crippen LogP contribution in [-0.4, -0.2) is 50.3 Å². The molecule has 0 spiro atoms. The maximum atomic E-state index is 13.0. The Bertz CT molecular complexity index is 1150. The number of carbonyl (C=O) groups excluding carboxylic acids is 2. The summed E-state index contributed by atoms with van der Waals surface area (Å²) in [5.74, 6) is -1.17. The highest BCUT2D eigenvalue weighted by molar-refractivity contribution is 7.89. The zero-order valence-electron chi connectivity index (χ0n) is 15.6. The number of rotatable bonds is 4. The molecule has 2 amide bonds. The van der Waals surface area contributed by atoms with Crippen LogP contribution in [0.1, 0.15) is 32.0 Å². The molecule has 0 saturated carbocycles. The third-order valence-electron chi connectivity index (χ3n) is 4.88. The minimum atomic E-state index is -3.65. The Morgan fingerprint density at radius 1 is 1.18 bits per heavy atom. The number of pyridine rings is 1. The van der Waals surface area contributed by atoms with Crippen molar-refractivity contribution >= 4 is 21.8 Å². The Morgan fingerprint density at radius 3 is 2.32 bits per heavy atom. The molecule has 1 aromatic carbocycles. The van der Waals surface area contributed by atoms with Crippen molar-refractivity contribution in [2.75, 3.05) is 20.6 Å². The van der Waals surface area contributed by atoms with E-state index in [4.69, 9.17) is 5.73 Å². The summed E-state index contributed by atoms with van der Waals surface area (Å²) in [6.07, 6.45) is 0.378. The van der Waals surface area contributed by atoms with Crippen molar-refractivity contribution < 1.29 is 18.0 Å². The highest BCUT2D eigenvalue weighted by atomic mass is 32.2. The molecule has 3 N–H and O–H groups in total. The third kappa shape index (κ3) is 3.00. The fourth-order valence-electron chi connectivity index (χ4n) is 3.36. The van der Waals surface area contributed by atoms with Crippen molar-refractivity contribution in [1.82, 2.24) is 14.2 Å². The van der Waals surface area contributed by atoms with Crippen molar-refractivity contribution in [2.45, 2.75) is 18.2 Å². The van der Waals surface area contributed by atoms with E-state index in [1.807, 2.05) is 0 Å². The Labute approximate surface area is 161 Å². The number of hydrogen-bond acceptors (Lipinski definition) is 5. The number of likely N-dealkylation sites (N-methyl/N-ethyl adjacent to an activating group) is 1. The van der Waals surface area contributed by atoms with E-state index in [0.29, 0.717) is 18.5 Å². The number of fused-ring (bicyclic) bond motifs is 1. The molecule has 9 nitrogen and oxygen atoms in total. The second kappa shape index (κ2) is 6.88. The molecule has 0 radical (unpaired) electrons. The average molecular weight is 404 g/mol. The molecule has 148 valence electrons. The molecule has 0 fully saturated rings. The lowest BCUT2D eigenvalue weighted by molar-refractivity contribution is 0.0779. The molecule has 2 heterocycles. The molecule has 0 unspecified atom stereocenters. The molecular weight excluding hydrogens is 384 g/mol. The second-order valence-corrected chi connectivity index (χ2v) is 8.40. The summed E-state index contributed by atoms with van der Waals surface area (Å²) in [4.78, 5) is 39.3. The fraction of sp³-hybridized carbons (Fsp3) is 0.278. The number of nitrogens with zero attached hydrogens (tertiary/aromatic N) is 2. The summed E-state index contributed by atoms with van der Waals surface area (Å²) in [5, 5.41) is 0. The molecule has 1 aliphatic rings. The van der Waals surface area contributed by atoms with Crippen LogP contribution in [0.25, 0.3) is 5.69 Å². The highest BCUT2D eigenvalue weighted by Crippen LogP contribution is 2.25. The van der Waals surface area contributed by atoms with E-state index in [2.05, 4.69) is 4.72 Å². The van der Waals surface area contributed by atoms with Gasteiger partial charge < -0.3 is 10.6 Å². The Kier molecular flexibility index (Phi) is 4.86. The van der Waals surface area contributed by atoms with Crippen molar-refractivity contribution in [3.8, 4) is 5.69 Å². The van der Waals surface area contributed by atoms with E-state index in [0.717, 1.165) is 4.57 Å². The first kappa shape index (κ1) is 19.8. The number of hydrogen-bond donors (Lipinski definition) is 2. The van der Waals surface area contributed by atoms with Gasteiger partial charge in [0.15, 0.2) is 0 Å². The topological polar surface area (TPSA) is 132 Å². The summed E-state index contributed by atoms with van der Waals surface area (Å²) in [7, 11) is -0.731. The molecule has 0 aliphatic carbocycles. The van der Waals surface area contributed by atoms with Gasteiger partial charge in [-0.05, 0) is 50.2 Å². The van der Waals surface area contributed by atoms with Crippen LogP contribution >= 0.6 is 0 Å². The van der Waals surface area contributed by atoms with Crippen LogP contribution in [0.5, 0.6) is 0 Å². The molecule has 3 rings (SSSR count). The van der Waals surface area contributed by atoms with Gasteiger partial charge in [-0.3, -0.25) is 19.0 Å². The van der Waals surface area contributed by atoms with E-state index in [-0.39, 0.29) is 33.3 Å². The highest BCUT2D eigenvalue weighted by Gasteiger charge is 2.31. The maximum Gasteiger partial charge on any atom is 0.266 e. The first-order valence-electron chi connectivity index (χ1n) is 8.48. The Hall–Kier alpha value is -2.98. The summed E-state index contributed by atoms with van der Waals surface area (Å²) < 4.78 is 27.2. The van der Waals surface area contributed by atoms with Crippen LogP contribution in [0.3, 0.4) is 0 Å². The number of aromatic nitrogens is 1. The van der Waals surface area contributed by atoms with Crippen molar-refractivity contribution in [2.24, 2.45) is 5.73 Å². The van der Waals surface area contributed by atoms with Crippen LogP contribution in [0.2, 0.25) is 0 Å². The second-order valence-electron chi connectivity index (χ2n) is 6.51. The summed E-state index contributed by atoms with van der Waals surface area (Å²) in [6, 6.07) is 5.49. The molecule has 28 heavy (non-hydrogen) atoms. The average Bonchev–Trinajstić information content (AvgIpc) is 2.66. The quantitative estimate of drug-likeness (QED) is 0.727. The lowest BCUT2D eigenvalue weighted by Crippen LogP contribution is -2.41. The van der Waals surface area contributed by atoms with Crippen LogP contribution in [0.4, 0.5) is 0 Å². The fourth-order valence-corrected chi connectivity index (χ4v) is 4.09. The van der Waals surface area contributed by atoms with Crippen LogP contribution in [0.15, 0.2) is 34.0 Å². The Morgan fingerprint density at radius 2 is 1.79 bits per heavy atom. The van der Waals surface area contributed by atoms with Crippen LogP contribution in [0, 0.1) is 6.92 Å². The van der Waals surface area contributed by atoms with Gasteiger partial charge in [0.2, 0.25) is 10.0 Å². The molecule has 1 aliphatic heterocycles. The molecule has 0 atom stereocenters. The summed E-state index contributed by atoms with van der Waals surface area (Å²) in [6.45, 7) is 1.92. The van der Waals surface area contributed by atoms with E-state index in [9.17, 15) is 22.8 Å². The van der Waals surface area contributed by atoms with Gasteiger partial charge in [0.25, 0.3) is 17.4 Å². The molecule has 1 aromatic heterocycles. The molecule has 0 saturated heterocycles. The van der Waals surface area contributed by atoms with Gasteiger partial charge in [-0.25, -0.2) is 13.1 Å². The molecule has 0 bridgehead atoms. The lowest BCUT2D eigenvalue weighted by atomic mass is 9.93. The van der Waals surface area contributed by atoms with Crippen molar-refractivity contribution in [1.29, 1.82) is 0 Å². The van der Waals surface area contributed by atoms with Gasteiger partial charge >= 0.3 is 0 Å². The number of sulfonamides is 1.